The van der Waals surface area contributed by atoms with Gasteiger partial charge in [0.1, 0.15) is 11.8 Å². The van der Waals surface area contributed by atoms with Gasteiger partial charge in [0.2, 0.25) is 5.91 Å². The average molecular weight is 421 g/mol. The zero-order chi connectivity index (χ0) is 18.0. The normalized spacial score (nSPS) is 12.1. The first-order chi connectivity index (χ1) is 12.0. The van der Waals surface area contributed by atoms with Gasteiger partial charge in [-0.3, -0.25) is 13.5 Å². The molecule has 7 heteroatoms. The molecule has 5 nitrogen and oxygen atoms in total. The maximum absolute atomic E-state index is 12.5. The Morgan fingerprint density at radius 1 is 1.32 bits per heavy atom. The fourth-order valence-corrected chi connectivity index (χ4v) is 4.01. The summed E-state index contributed by atoms with van der Waals surface area (Å²) in [6, 6.07) is 12.4. The average Bonchev–Trinajstić information content (AvgIpc) is 2.96. The third-order valence-corrected chi connectivity index (χ3v) is 5.67. The van der Waals surface area contributed by atoms with Gasteiger partial charge in [-0.1, -0.05) is 39.6 Å². The van der Waals surface area contributed by atoms with Crippen molar-refractivity contribution in [3.05, 3.63) is 62.9 Å². The highest BCUT2D eigenvalue weighted by molar-refractivity contribution is 9.10. The molecule has 0 aliphatic heterocycles. The fourth-order valence-electron chi connectivity index (χ4n) is 2.57. The summed E-state index contributed by atoms with van der Waals surface area (Å²) in [4.78, 5) is 25.0. The monoisotopic (exact) mass is 420 g/mol. The Hall–Kier alpha value is -2.12. The van der Waals surface area contributed by atoms with Crippen molar-refractivity contribution in [2.75, 3.05) is 7.11 Å². The quantitative estimate of drug-likeness (QED) is 0.684. The van der Waals surface area contributed by atoms with E-state index in [2.05, 4.69) is 21.2 Å². The molecule has 3 rings (SSSR count). The van der Waals surface area contributed by atoms with E-state index >= 15 is 0 Å². The predicted octanol–water partition coefficient (Wildman–Crippen LogP) is 3.71. The molecule has 2 aromatic carbocycles. The minimum absolute atomic E-state index is 0.136. The van der Waals surface area contributed by atoms with E-state index in [4.69, 9.17) is 4.74 Å². The van der Waals surface area contributed by atoms with Crippen LogP contribution in [0.4, 0.5) is 0 Å². The summed E-state index contributed by atoms with van der Waals surface area (Å²) in [5.41, 5.74) is 0.726. The number of rotatable bonds is 5. The highest BCUT2D eigenvalue weighted by atomic mass is 79.9. The van der Waals surface area contributed by atoms with Crippen LogP contribution in [0.1, 0.15) is 18.5 Å². The lowest BCUT2D eigenvalue weighted by atomic mass is 10.2. The van der Waals surface area contributed by atoms with E-state index in [1.165, 1.54) is 15.5 Å². The molecule has 0 radical (unpaired) electrons. The molecule has 0 spiro atoms. The highest BCUT2D eigenvalue weighted by Crippen LogP contribution is 2.23. The van der Waals surface area contributed by atoms with Crippen LogP contribution in [0.15, 0.2) is 51.7 Å². The molecule has 0 unspecified atom stereocenters. The van der Waals surface area contributed by atoms with Gasteiger partial charge < -0.3 is 10.1 Å². The maximum Gasteiger partial charge on any atom is 0.269 e. The number of nitrogens with one attached hydrogen (secondary N) is 1. The number of carbonyl (C=O) groups is 1. The van der Waals surface area contributed by atoms with Crippen molar-refractivity contribution in [2.24, 2.45) is 0 Å². The number of carbonyl (C=O) groups excluding carboxylic acids is 1. The number of benzene rings is 2. The van der Waals surface area contributed by atoms with Crippen LogP contribution in [-0.2, 0) is 11.3 Å². The Bertz CT molecular complexity index is 980. The second kappa shape index (κ2) is 7.41. The molecule has 0 aliphatic rings. The van der Waals surface area contributed by atoms with Gasteiger partial charge in [0.05, 0.1) is 17.2 Å². The van der Waals surface area contributed by atoms with Gasteiger partial charge in [0.15, 0.2) is 0 Å². The van der Waals surface area contributed by atoms with E-state index < -0.39 is 6.04 Å². The molecule has 0 saturated carbocycles. The molecule has 25 heavy (non-hydrogen) atoms. The molecule has 1 heterocycles. The molecule has 0 bridgehead atoms. The number of hydrogen-bond acceptors (Lipinski definition) is 4. The molecule has 1 aromatic heterocycles. The fraction of sp³-hybridized carbons (Fsp3) is 0.222. The van der Waals surface area contributed by atoms with Crippen LogP contribution >= 0.6 is 27.5 Å². The molecular weight excluding hydrogens is 404 g/mol. The Labute approximate surface area is 157 Å². The molecule has 0 aliphatic carbocycles. The Kier molecular flexibility index (Phi) is 5.24. The summed E-state index contributed by atoms with van der Waals surface area (Å²) in [6.07, 6.45) is 0. The molecule has 0 saturated heterocycles. The first-order valence-corrected chi connectivity index (χ1v) is 9.28. The third-order valence-electron chi connectivity index (χ3n) is 3.94. The van der Waals surface area contributed by atoms with Crippen molar-refractivity contribution < 1.29 is 9.53 Å². The summed E-state index contributed by atoms with van der Waals surface area (Å²) in [6.45, 7) is 2.05. The van der Waals surface area contributed by atoms with Crippen LogP contribution < -0.4 is 15.6 Å². The number of aromatic nitrogens is 1. The number of ether oxygens (including phenoxy) is 1. The van der Waals surface area contributed by atoms with E-state index in [9.17, 15) is 9.59 Å². The van der Waals surface area contributed by atoms with Gasteiger partial charge in [-0.25, -0.2) is 0 Å². The number of fused-ring (bicyclic) bond motifs is 1. The van der Waals surface area contributed by atoms with Gasteiger partial charge >= 0.3 is 0 Å². The van der Waals surface area contributed by atoms with Gasteiger partial charge in [0.25, 0.3) is 5.56 Å². The first-order valence-electron chi connectivity index (χ1n) is 7.72. The first kappa shape index (κ1) is 17.7. The van der Waals surface area contributed by atoms with Crippen molar-refractivity contribution in [1.29, 1.82) is 0 Å². The van der Waals surface area contributed by atoms with E-state index in [0.29, 0.717) is 17.7 Å². The zero-order valence-electron chi connectivity index (χ0n) is 13.8. The topological polar surface area (TPSA) is 60.3 Å². The van der Waals surface area contributed by atoms with E-state index in [-0.39, 0.29) is 11.5 Å². The van der Waals surface area contributed by atoms with Crippen molar-refractivity contribution in [1.82, 2.24) is 9.27 Å². The maximum atomic E-state index is 12.5. The van der Waals surface area contributed by atoms with Gasteiger partial charge in [-0.2, -0.15) is 0 Å². The Balaban J connectivity index is 1.78. The molecular formula is C18H17BrN2O3S. The van der Waals surface area contributed by atoms with Crippen LogP contribution in [0.3, 0.4) is 0 Å². The Morgan fingerprint density at radius 2 is 2.08 bits per heavy atom. The molecule has 3 aromatic rings. The number of amides is 1. The standard InChI is InChI=1S/C18H17BrN2O3S/c1-11(21-18(23)14-5-3-4-6-16(14)25-21)17(22)20-10-12-9-13(19)7-8-15(12)24-2/h3-9,11H,10H2,1-2H3,(H,20,22)/t11-/m1/s1. The lowest BCUT2D eigenvalue weighted by molar-refractivity contribution is -0.123. The van der Waals surface area contributed by atoms with Crippen LogP contribution in [0, 0.1) is 0 Å². The summed E-state index contributed by atoms with van der Waals surface area (Å²) >= 11 is 4.72. The lowest BCUT2D eigenvalue weighted by Gasteiger charge is -2.14. The van der Waals surface area contributed by atoms with E-state index in [1.54, 1.807) is 20.1 Å². The highest BCUT2D eigenvalue weighted by Gasteiger charge is 2.19. The zero-order valence-corrected chi connectivity index (χ0v) is 16.2. The van der Waals surface area contributed by atoms with Crippen molar-refractivity contribution >= 4 is 43.5 Å². The number of nitrogens with zero attached hydrogens (tertiary/aromatic N) is 1. The van der Waals surface area contributed by atoms with Gasteiger partial charge in [0, 0.05) is 16.6 Å². The summed E-state index contributed by atoms with van der Waals surface area (Å²) in [5, 5.41) is 3.52. The van der Waals surface area contributed by atoms with E-state index in [0.717, 1.165) is 14.7 Å². The molecule has 1 N–H and O–H groups in total. The Morgan fingerprint density at radius 3 is 2.80 bits per heavy atom. The van der Waals surface area contributed by atoms with Crippen LogP contribution in [0.2, 0.25) is 0 Å². The van der Waals surface area contributed by atoms with Gasteiger partial charge in [-0.15, -0.1) is 0 Å². The van der Waals surface area contributed by atoms with Crippen LogP contribution in [0.5, 0.6) is 5.75 Å². The third kappa shape index (κ3) is 3.62. The molecule has 0 fully saturated rings. The smallest absolute Gasteiger partial charge is 0.269 e. The largest absolute Gasteiger partial charge is 0.496 e. The second-order valence-electron chi connectivity index (χ2n) is 5.57. The molecule has 1 amide bonds. The number of halogens is 1. The van der Waals surface area contributed by atoms with Gasteiger partial charge in [-0.05, 0) is 37.3 Å². The summed E-state index contributed by atoms with van der Waals surface area (Å²) in [7, 11) is 1.59. The van der Waals surface area contributed by atoms with Crippen molar-refractivity contribution in [3.63, 3.8) is 0 Å². The van der Waals surface area contributed by atoms with Crippen molar-refractivity contribution in [3.8, 4) is 5.75 Å². The summed E-state index contributed by atoms with van der Waals surface area (Å²) in [5.74, 6) is 0.492. The molecule has 1 atom stereocenters. The molecule has 130 valence electrons. The second-order valence-corrected chi connectivity index (χ2v) is 7.50. The van der Waals surface area contributed by atoms with Crippen molar-refractivity contribution in [2.45, 2.75) is 19.5 Å². The van der Waals surface area contributed by atoms with Crippen LogP contribution in [-0.4, -0.2) is 17.0 Å². The number of methoxy groups -OCH3 is 1. The predicted molar refractivity (Wildman–Crippen MR) is 103 cm³/mol. The minimum Gasteiger partial charge on any atom is -0.496 e. The van der Waals surface area contributed by atoms with Crippen LogP contribution in [0.25, 0.3) is 10.1 Å². The minimum atomic E-state index is -0.581. The lowest BCUT2D eigenvalue weighted by Crippen LogP contribution is -2.33. The summed E-state index contributed by atoms with van der Waals surface area (Å²) < 4.78 is 8.61. The number of hydrogen-bond donors (Lipinski definition) is 1. The SMILES string of the molecule is COc1ccc(Br)cc1CNC(=O)[C@@H](C)n1sc2ccccc2c1=O. The van der Waals surface area contributed by atoms with E-state index in [1.807, 2.05) is 36.4 Å².